The van der Waals surface area contributed by atoms with E-state index in [1.54, 1.807) is 0 Å². The predicted molar refractivity (Wildman–Crippen MR) is 77.5 cm³/mol. The van der Waals surface area contributed by atoms with Crippen molar-refractivity contribution in [3.63, 3.8) is 0 Å². The molecule has 5 heteroatoms. The fraction of sp³-hybridized carbons (Fsp3) is 0.786. The van der Waals surface area contributed by atoms with Gasteiger partial charge in [0.15, 0.2) is 0 Å². The Kier molecular flexibility index (Phi) is 3.56. The van der Waals surface area contributed by atoms with Crippen LogP contribution in [0.3, 0.4) is 0 Å². The van der Waals surface area contributed by atoms with Crippen molar-refractivity contribution in [1.29, 1.82) is 0 Å². The first-order valence-electron chi connectivity index (χ1n) is 7.02. The summed E-state index contributed by atoms with van der Waals surface area (Å²) in [5, 5.41) is 4.63. The Morgan fingerprint density at radius 3 is 2.21 bits per heavy atom. The van der Waals surface area contributed by atoms with Crippen molar-refractivity contribution in [1.82, 2.24) is 9.78 Å². The van der Waals surface area contributed by atoms with E-state index in [4.69, 9.17) is 9.31 Å². The molecule has 2 rings (SSSR count). The van der Waals surface area contributed by atoms with Gasteiger partial charge in [-0.15, -0.1) is 0 Å². The van der Waals surface area contributed by atoms with Crippen molar-refractivity contribution in [3.8, 4) is 0 Å². The van der Waals surface area contributed by atoms with Gasteiger partial charge in [0, 0.05) is 12.7 Å². The van der Waals surface area contributed by atoms with Crippen molar-refractivity contribution < 1.29 is 9.31 Å². The lowest BCUT2D eigenvalue weighted by Gasteiger charge is -2.32. The fourth-order valence-electron chi connectivity index (χ4n) is 2.19. The molecule has 0 radical (unpaired) electrons. The highest BCUT2D eigenvalue weighted by Crippen LogP contribution is 2.36. The molecule has 2 heterocycles. The Bertz CT molecular complexity index is 450. The molecule has 4 nitrogen and oxygen atoms in total. The van der Waals surface area contributed by atoms with E-state index >= 15 is 0 Å². The molecule has 0 unspecified atom stereocenters. The zero-order valence-electron chi connectivity index (χ0n) is 13.2. The second-order valence-corrected chi connectivity index (χ2v) is 6.90. The third-order valence-corrected chi connectivity index (χ3v) is 4.01. The van der Waals surface area contributed by atoms with E-state index in [0.717, 1.165) is 17.7 Å². The standard InChI is InChI=1S/C14H25BN2O2/c1-10(2)8-17-9-11(3)12(16-17)15-18-13(4,5)14(6,7)19-15/h9-10H,8H2,1-7H3. The Hall–Kier alpha value is -0.805. The molecule has 1 aliphatic heterocycles. The molecule has 1 aromatic heterocycles. The number of hydrogen-bond donors (Lipinski definition) is 0. The highest BCUT2D eigenvalue weighted by Gasteiger charge is 2.53. The van der Waals surface area contributed by atoms with E-state index in [1.165, 1.54) is 0 Å². The van der Waals surface area contributed by atoms with Crippen LogP contribution in [0.15, 0.2) is 6.20 Å². The van der Waals surface area contributed by atoms with Gasteiger partial charge in [0.2, 0.25) is 0 Å². The van der Waals surface area contributed by atoms with E-state index in [1.807, 2.05) is 4.68 Å². The molecule has 106 valence electrons. The van der Waals surface area contributed by atoms with Gasteiger partial charge >= 0.3 is 7.12 Å². The van der Waals surface area contributed by atoms with Gasteiger partial charge < -0.3 is 9.31 Å². The molecular formula is C14H25BN2O2. The average molecular weight is 264 g/mol. The van der Waals surface area contributed by atoms with Gasteiger partial charge in [0.05, 0.1) is 16.8 Å². The molecule has 0 spiro atoms. The van der Waals surface area contributed by atoms with Crippen molar-refractivity contribution in [2.24, 2.45) is 5.92 Å². The van der Waals surface area contributed by atoms with Crippen LogP contribution >= 0.6 is 0 Å². The predicted octanol–water partition coefficient (Wildman–Crippen LogP) is 2.15. The van der Waals surface area contributed by atoms with E-state index in [9.17, 15) is 0 Å². The second-order valence-electron chi connectivity index (χ2n) is 6.90. The first-order valence-corrected chi connectivity index (χ1v) is 7.02. The van der Waals surface area contributed by atoms with Crippen LogP contribution < -0.4 is 5.59 Å². The van der Waals surface area contributed by atoms with E-state index in [-0.39, 0.29) is 18.3 Å². The van der Waals surface area contributed by atoms with E-state index in [2.05, 4.69) is 59.8 Å². The molecule has 1 fully saturated rings. The zero-order chi connectivity index (χ0) is 14.4. The Labute approximate surface area is 116 Å². The Morgan fingerprint density at radius 1 is 1.21 bits per heavy atom. The average Bonchev–Trinajstić information content (AvgIpc) is 2.64. The molecule has 0 saturated carbocycles. The largest absolute Gasteiger partial charge is 0.516 e. The fourth-order valence-corrected chi connectivity index (χ4v) is 2.19. The minimum absolute atomic E-state index is 0.314. The van der Waals surface area contributed by atoms with Gasteiger partial charge in [-0.25, -0.2) is 0 Å². The summed E-state index contributed by atoms with van der Waals surface area (Å²) in [6, 6.07) is 0. The molecule has 0 amide bonds. The summed E-state index contributed by atoms with van der Waals surface area (Å²) in [5.74, 6) is 0.574. The molecule has 1 saturated heterocycles. The van der Waals surface area contributed by atoms with Crippen LogP contribution in [-0.4, -0.2) is 28.1 Å². The maximum Gasteiger partial charge on any atom is 0.516 e. The molecule has 0 atom stereocenters. The van der Waals surface area contributed by atoms with Gasteiger partial charge in [-0.3, -0.25) is 4.68 Å². The maximum absolute atomic E-state index is 6.05. The monoisotopic (exact) mass is 264 g/mol. The van der Waals surface area contributed by atoms with Gasteiger partial charge in [0.25, 0.3) is 0 Å². The molecule has 0 N–H and O–H groups in total. The summed E-state index contributed by atoms with van der Waals surface area (Å²) in [6.45, 7) is 15.6. The smallest absolute Gasteiger partial charge is 0.398 e. The number of nitrogens with zero attached hydrogens (tertiary/aromatic N) is 2. The second kappa shape index (κ2) is 4.63. The molecule has 0 aliphatic carbocycles. The summed E-state index contributed by atoms with van der Waals surface area (Å²) in [5.41, 5.74) is 1.40. The third kappa shape index (κ3) is 2.72. The SMILES string of the molecule is Cc1cn(CC(C)C)nc1B1OC(C)(C)C(C)(C)O1. The van der Waals surface area contributed by atoms with Crippen LogP contribution in [0, 0.1) is 12.8 Å². The molecule has 19 heavy (non-hydrogen) atoms. The van der Waals surface area contributed by atoms with Crippen molar-refractivity contribution in [2.75, 3.05) is 0 Å². The summed E-state index contributed by atoms with van der Waals surface area (Å²) in [6.07, 6.45) is 2.07. The van der Waals surface area contributed by atoms with Gasteiger partial charge in [-0.05, 0) is 46.1 Å². The van der Waals surface area contributed by atoms with Crippen molar-refractivity contribution >= 4 is 12.7 Å². The number of aromatic nitrogens is 2. The van der Waals surface area contributed by atoms with E-state index < -0.39 is 0 Å². The first kappa shape index (κ1) is 14.6. The summed E-state index contributed by atoms with van der Waals surface area (Å²) >= 11 is 0. The van der Waals surface area contributed by atoms with Crippen LogP contribution in [0.5, 0.6) is 0 Å². The summed E-state index contributed by atoms with van der Waals surface area (Å²) in [4.78, 5) is 0. The molecule has 0 bridgehead atoms. The first-order chi connectivity index (χ1) is 8.62. The number of aryl methyl sites for hydroxylation is 1. The Balaban J connectivity index is 2.22. The molecule has 0 aromatic carbocycles. The van der Waals surface area contributed by atoms with Gasteiger partial charge in [-0.2, -0.15) is 5.10 Å². The highest BCUT2D eigenvalue weighted by atomic mass is 16.7. The zero-order valence-corrected chi connectivity index (χ0v) is 13.2. The molecular weight excluding hydrogens is 239 g/mol. The van der Waals surface area contributed by atoms with Crippen molar-refractivity contribution in [3.05, 3.63) is 11.8 Å². The minimum atomic E-state index is -0.363. The van der Waals surface area contributed by atoms with E-state index in [0.29, 0.717) is 5.92 Å². The van der Waals surface area contributed by atoms with Crippen molar-refractivity contribution in [2.45, 2.75) is 66.2 Å². The number of hydrogen-bond acceptors (Lipinski definition) is 3. The quantitative estimate of drug-likeness (QED) is 0.785. The lowest BCUT2D eigenvalue weighted by Crippen LogP contribution is -2.41. The third-order valence-electron chi connectivity index (χ3n) is 4.01. The summed E-state index contributed by atoms with van der Waals surface area (Å²) in [7, 11) is -0.363. The van der Waals surface area contributed by atoms with Crippen LogP contribution in [0.25, 0.3) is 0 Å². The lowest BCUT2D eigenvalue weighted by molar-refractivity contribution is 0.00578. The lowest BCUT2D eigenvalue weighted by atomic mass is 9.82. The summed E-state index contributed by atoms with van der Waals surface area (Å²) < 4.78 is 14.1. The van der Waals surface area contributed by atoms with Gasteiger partial charge in [-0.1, -0.05) is 13.8 Å². The minimum Gasteiger partial charge on any atom is -0.398 e. The number of rotatable bonds is 3. The molecule has 1 aromatic rings. The Morgan fingerprint density at radius 2 is 1.74 bits per heavy atom. The van der Waals surface area contributed by atoms with Gasteiger partial charge in [0.1, 0.15) is 0 Å². The molecule has 1 aliphatic rings. The van der Waals surface area contributed by atoms with Crippen LogP contribution in [0.4, 0.5) is 0 Å². The topological polar surface area (TPSA) is 36.3 Å². The van der Waals surface area contributed by atoms with Crippen LogP contribution in [-0.2, 0) is 15.9 Å². The van der Waals surface area contributed by atoms with Crippen LogP contribution in [0.2, 0.25) is 0 Å². The highest BCUT2D eigenvalue weighted by molar-refractivity contribution is 6.61. The maximum atomic E-state index is 6.05. The van der Waals surface area contributed by atoms with Crippen LogP contribution in [0.1, 0.15) is 47.1 Å². The normalized spacial score (nSPS) is 21.4.